The van der Waals surface area contributed by atoms with Crippen LogP contribution in [0.1, 0.15) is 39.5 Å². The van der Waals surface area contributed by atoms with E-state index in [1.54, 1.807) is 19.3 Å². The van der Waals surface area contributed by atoms with E-state index in [4.69, 9.17) is 4.74 Å². The molecular weight excluding hydrogens is 328 g/mol. The Balaban J connectivity index is 1.71. The summed E-state index contributed by atoms with van der Waals surface area (Å²) in [5, 5.41) is 9.86. The van der Waals surface area contributed by atoms with Crippen molar-refractivity contribution >= 4 is 11.6 Å². The third-order valence-corrected chi connectivity index (χ3v) is 7.71. The number of carbonyl (C=O) groups is 2. The summed E-state index contributed by atoms with van der Waals surface area (Å²) in [6, 6.07) is 0. The molecule has 4 aliphatic carbocycles. The Morgan fingerprint density at radius 3 is 2.85 bits per heavy atom. The number of ketones is 2. The summed E-state index contributed by atoms with van der Waals surface area (Å²) in [5.74, 6) is 1.21. The summed E-state index contributed by atoms with van der Waals surface area (Å²) in [5.41, 5.74) is 0.467. The Morgan fingerprint density at radius 2 is 2.12 bits per heavy atom. The number of methoxy groups -OCH3 is 1. The minimum atomic E-state index is -0.345. The fourth-order valence-electron chi connectivity index (χ4n) is 6.57. The van der Waals surface area contributed by atoms with E-state index >= 15 is 0 Å². The average molecular weight is 356 g/mol. The fraction of sp³-hybridized carbons (Fsp3) is 0.636. The maximum absolute atomic E-state index is 13.4. The molecular formula is C22H28O4. The van der Waals surface area contributed by atoms with Gasteiger partial charge in [-0.2, -0.15) is 0 Å². The van der Waals surface area contributed by atoms with Crippen LogP contribution in [0.4, 0.5) is 0 Å². The van der Waals surface area contributed by atoms with E-state index in [0.717, 1.165) is 24.8 Å². The minimum absolute atomic E-state index is 0.0579. The van der Waals surface area contributed by atoms with E-state index < -0.39 is 0 Å². The first-order chi connectivity index (χ1) is 12.3. The Hall–Kier alpha value is -1.68. The summed E-state index contributed by atoms with van der Waals surface area (Å²) < 4.78 is 5.09. The predicted molar refractivity (Wildman–Crippen MR) is 98.5 cm³/mol. The van der Waals surface area contributed by atoms with Crippen LogP contribution in [-0.4, -0.2) is 30.4 Å². The topological polar surface area (TPSA) is 63.6 Å². The molecule has 2 saturated carbocycles. The molecule has 6 unspecified atom stereocenters. The first kappa shape index (κ1) is 17.7. The van der Waals surface area contributed by atoms with Crippen LogP contribution >= 0.6 is 0 Å². The summed E-state index contributed by atoms with van der Waals surface area (Å²) in [6.45, 7) is 4.42. The van der Waals surface area contributed by atoms with Crippen LogP contribution in [0.25, 0.3) is 0 Å². The lowest BCUT2D eigenvalue weighted by Gasteiger charge is -2.54. The van der Waals surface area contributed by atoms with Gasteiger partial charge < -0.3 is 9.84 Å². The largest absolute Gasteiger partial charge is 0.508 e. The van der Waals surface area contributed by atoms with Crippen molar-refractivity contribution in [2.24, 2.45) is 34.5 Å². The van der Waals surface area contributed by atoms with E-state index in [1.807, 2.05) is 6.08 Å². The molecule has 0 amide bonds. The normalized spacial score (nSPS) is 43.9. The molecule has 2 fully saturated rings. The first-order valence-electron chi connectivity index (χ1n) is 9.66. The number of allylic oxidation sites excluding steroid dienone is 5. The van der Waals surface area contributed by atoms with Crippen molar-refractivity contribution in [2.75, 3.05) is 13.7 Å². The van der Waals surface area contributed by atoms with Gasteiger partial charge in [-0.05, 0) is 54.2 Å². The van der Waals surface area contributed by atoms with Crippen molar-refractivity contribution in [3.8, 4) is 0 Å². The molecule has 4 nitrogen and oxygen atoms in total. The molecule has 0 saturated heterocycles. The van der Waals surface area contributed by atoms with Gasteiger partial charge in [-0.15, -0.1) is 0 Å². The molecule has 0 aromatic rings. The average Bonchev–Trinajstić information content (AvgIpc) is 2.92. The van der Waals surface area contributed by atoms with Crippen molar-refractivity contribution < 1.29 is 19.4 Å². The van der Waals surface area contributed by atoms with Crippen molar-refractivity contribution in [1.82, 2.24) is 0 Å². The van der Waals surface area contributed by atoms with Crippen molar-refractivity contribution in [3.05, 3.63) is 35.6 Å². The predicted octanol–water partition coefficient (Wildman–Crippen LogP) is 3.79. The summed E-state index contributed by atoms with van der Waals surface area (Å²) in [4.78, 5) is 26.0. The van der Waals surface area contributed by atoms with Gasteiger partial charge in [0, 0.05) is 30.8 Å². The van der Waals surface area contributed by atoms with Gasteiger partial charge in [-0.1, -0.05) is 26.0 Å². The molecule has 0 heterocycles. The molecule has 0 bridgehead atoms. The second kappa shape index (κ2) is 5.91. The number of rotatable bonds is 3. The molecule has 4 heteroatoms. The van der Waals surface area contributed by atoms with Crippen LogP contribution in [0.5, 0.6) is 0 Å². The molecule has 0 aliphatic heterocycles. The van der Waals surface area contributed by atoms with Crippen molar-refractivity contribution in [1.29, 1.82) is 0 Å². The lowest BCUT2D eigenvalue weighted by atomic mass is 9.48. The van der Waals surface area contributed by atoms with Crippen LogP contribution in [0, 0.1) is 34.5 Å². The molecule has 6 atom stereocenters. The zero-order valence-electron chi connectivity index (χ0n) is 15.8. The number of Topliss-reactive ketones (excluding diaryl/α,β-unsaturated/α-hetero) is 2. The van der Waals surface area contributed by atoms with Crippen LogP contribution in [0.15, 0.2) is 35.6 Å². The Kier molecular flexibility index (Phi) is 4.03. The zero-order chi connectivity index (χ0) is 18.7. The highest BCUT2D eigenvalue weighted by molar-refractivity contribution is 5.89. The van der Waals surface area contributed by atoms with Crippen molar-refractivity contribution in [2.45, 2.75) is 39.5 Å². The molecule has 140 valence electrons. The van der Waals surface area contributed by atoms with Gasteiger partial charge in [0.1, 0.15) is 18.1 Å². The van der Waals surface area contributed by atoms with E-state index in [0.29, 0.717) is 12.3 Å². The quantitative estimate of drug-likeness (QED) is 0.836. The molecule has 0 spiro atoms. The van der Waals surface area contributed by atoms with E-state index in [9.17, 15) is 14.7 Å². The van der Waals surface area contributed by atoms with Crippen LogP contribution in [-0.2, 0) is 14.3 Å². The van der Waals surface area contributed by atoms with E-state index in [-0.39, 0.29) is 52.5 Å². The number of ether oxygens (including phenoxy) is 1. The van der Waals surface area contributed by atoms with Gasteiger partial charge in [0.25, 0.3) is 0 Å². The molecule has 0 aromatic heterocycles. The van der Waals surface area contributed by atoms with E-state index in [1.165, 1.54) is 0 Å². The minimum Gasteiger partial charge on any atom is -0.508 e. The lowest BCUT2D eigenvalue weighted by Crippen LogP contribution is -2.54. The summed E-state index contributed by atoms with van der Waals surface area (Å²) in [7, 11) is 1.56. The maximum atomic E-state index is 13.4. The molecule has 1 N–H and O–H groups in total. The SMILES string of the molecule is COCC(=O)C1CCC2C3CC=C4C=C(O)C=CC4(C)C3C(=O)CC12C. The number of aliphatic hydroxyl groups excluding tert-OH is 1. The second-order valence-corrected chi connectivity index (χ2v) is 9.01. The number of aliphatic hydroxyl groups is 1. The summed E-state index contributed by atoms with van der Waals surface area (Å²) in [6.07, 6.45) is 10.9. The Morgan fingerprint density at radius 1 is 1.35 bits per heavy atom. The van der Waals surface area contributed by atoms with Crippen LogP contribution in [0.2, 0.25) is 0 Å². The number of fused-ring (bicyclic) bond motifs is 5. The third-order valence-electron chi connectivity index (χ3n) is 7.71. The highest BCUT2D eigenvalue weighted by Crippen LogP contribution is 2.64. The van der Waals surface area contributed by atoms with Crippen LogP contribution in [0.3, 0.4) is 0 Å². The Bertz CT molecular complexity index is 745. The smallest absolute Gasteiger partial charge is 0.162 e. The maximum Gasteiger partial charge on any atom is 0.162 e. The highest BCUT2D eigenvalue weighted by atomic mass is 16.5. The van der Waals surface area contributed by atoms with Gasteiger partial charge in [-0.3, -0.25) is 9.59 Å². The third kappa shape index (κ3) is 2.31. The Labute approximate surface area is 155 Å². The number of hydrogen-bond donors (Lipinski definition) is 1. The van der Waals surface area contributed by atoms with Gasteiger partial charge in [0.2, 0.25) is 0 Å². The van der Waals surface area contributed by atoms with E-state index in [2.05, 4.69) is 19.9 Å². The molecule has 26 heavy (non-hydrogen) atoms. The monoisotopic (exact) mass is 356 g/mol. The van der Waals surface area contributed by atoms with Gasteiger partial charge in [0.05, 0.1) is 0 Å². The zero-order valence-corrected chi connectivity index (χ0v) is 15.8. The highest BCUT2D eigenvalue weighted by Gasteiger charge is 2.62. The first-order valence-corrected chi connectivity index (χ1v) is 9.66. The van der Waals surface area contributed by atoms with Gasteiger partial charge in [0.15, 0.2) is 5.78 Å². The number of carbonyl (C=O) groups excluding carboxylic acids is 2. The number of hydrogen-bond acceptors (Lipinski definition) is 4. The van der Waals surface area contributed by atoms with Gasteiger partial charge in [-0.25, -0.2) is 0 Å². The standard InChI is InChI=1S/C22H28O4/c1-21-9-8-14(23)10-13(21)4-5-15-16-6-7-17(19(25)12-26-3)22(16,2)11-18(24)20(15)21/h4,8-10,15-17,20,23H,5-7,11-12H2,1-3H3. The fourth-order valence-corrected chi connectivity index (χ4v) is 6.57. The van der Waals surface area contributed by atoms with Crippen LogP contribution < -0.4 is 0 Å². The lowest BCUT2D eigenvalue weighted by molar-refractivity contribution is -0.144. The summed E-state index contributed by atoms with van der Waals surface area (Å²) >= 11 is 0. The molecule has 0 aromatic carbocycles. The van der Waals surface area contributed by atoms with Gasteiger partial charge >= 0.3 is 0 Å². The second-order valence-electron chi connectivity index (χ2n) is 9.01. The van der Waals surface area contributed by atoms with Crippen molar-refractivity contribution in [3.63, 3.8) is 0 Å². The molecule has 4 rings (SSSR count). The molecule has 4 aliphatic rings. The molecule has 0 radical (unpaired) electrons.